The van der Waals surface area contributed by atoms with E-state index in [0.29, 0.717) is 22.4 Å². The molecule has 0 aliphatic heterocycles. The number of benzene rings is 2. The lowest BCUT2D eigenvalue weighted by Crippen LogP contribution is -2.11. The summed E-state index contributed by atoms with van der Waals surface area (Å²) >= 11 is 0. The first kappa shape index (κ1) is 19.0. The van der Waals surface area contributed by atoms with Crippen LogP contribution in [0.25, 0.3) is 22.4 Å². The van der Waals surface area contributed by atoms with E-state index in [1.165, 1.54) is 49.2 Å². The summed E-state index contributed by atoms with van der Waals surface area (Å²) in [5.41, 5.74) is 1.56. The van der Waals surface area contributed by atoms with E-state index in [1.807, 2.05) is 0 Å². The number of nitrogens with zero attached hydrogens (tertiary/aromatic N) is 3. The number of methoxy groups -OCH3 is 2. The van der Waals surface area contributed by atoms with Crippen molar-refractivity contribution in [1.82, 2.24) is 9.78 Å². The Bertz CT molecular complexity index is 1090. The summed E-state index contributed by atoms with van der Waals surface area (Å²) in [7, 11) is 2.61. The van der Waals surface area contributed by atoms with Crippen LogP contribution in [0.5, 0.6) is 5.75 Å². The van der Waals surface area contributed by atoms with Crippen LogP contribution in [0.1, 0.15) is 5.56 Å². The van der Waals surface area contributed by atoms with Crippen molar-refractivity contribution < 1.29 is 23.0 Å². The minimum atomic E-state index is -0.700. The van der Waals surface area contributed by atoms with Gasteiger partial charge in [-0.15, -0.1) is 0 Å². The van der Waals surface area contributed by atoms with Crippen molar-refractivity contribution in [3.8, 4) is 34.2 Å². The fourth-order valence-electron chi connectivity index (χ4n) is 2.71. The van der Waals surface area contributed by atoms with Gasteiger partial charge < -0.3 is 9.47 Å². The molecule has 1 aromatic heterocycles. The Kier molecular flexibility index (Phi) is 5.36. The van der Waals surface area contributed by atoms with Crippen molar-refractivity contribution in [1.29, 1.82) is 5.26 Å². The molecule has 0 fully saturated rings. The fraction of sp³-hybridized carbons (Fsp3) is 0.150. The highest BCUT2D eigenvalue weighted by atomic mass is 19.1. The van der Waals surface area contributed by atoms with Crippen LogP contribution >= 0.6 is 0 Å². The van der Waals surface area contributed by atoms with Gasteiger partial charge >= 0.3 is 5.97 Å². The van der Waals surface area contributed by atoms with E-state index in [0.717, 1.165) is 0 Å². The number of carbonyl (C=O) groups is 1. The van der Waals surface area contributed by atoms with Gasteiger partial charge in [-0.2, -0.15) is 10.4 Å². The number of rotatable bonds is 5. The minimum absolute atomic E-state index is 0.0803. The second-order valence-corrected chi connectivity index (χ2v) is 5.82. The van der Waals surface area contributed by atoms with Gasteiger partial charge in [0.2, 0.25) is 0 Å². The number of nitriles is 1. The van der Waals surface area contributed by atoms with E-state index in [4.69, 9.17) is 10.00 Å². The highest BCUT2D eigenvalue weighted by Crippen LogP contribution is 2.33. The van der Waals surface area contributed by atoms with Crippen molar-refractivity contribution in [3.63, 3.8) is 0 Å². The Morgan fingerprint density at radius 2 is 1.86 bits per heavy atom. The lowest BCUT2D eigenvalue weighted by Gasteiger charge is -2.06. The number of carbonyl (C=O) groups excluding carboxylic acids is 1. The molecule has 0 saturated heterocycles. The molecule has 0 atom stereocenters. The first-order valence-corrected chi connectivity index (χ1v) is 8.15. The molecule has 0 N–H and O–H groups in total. The maximum absolute atomic E-state index is 14.2. The Morgan fingerprint density at radius 1 is 1.14 bits per heavy atom. The molecule has 142 valence electrons. The third kappa shape index (κ3) is 3.69. The Labute approximate surface area is 159 Å². The highest BCUT2D eigenvalue weighted by molar-refractivity contribution is 5.81. The molecule has 28 heavy (non-hydrogen) atoms. The maximum Gasteiger partial charge on any atom is 0.327 e. The van der Waals surface area contributed by atoms with Crippen LogP contribution in [-0.2, 0) is 16.1 Å². The van der Waals surface area contributed by atoms with Gasteiger partial charge in [0.05, 0.1) is 19.8 Å². The van der Waals surface area contributed by atoms with E-state index in [9.17, 15) is 13.6 Å². The number of ether oxygens (including phenoxy) is 2. The summed E-state index contributed by atoms with van der Waals surface area (Å²) < 4.78 is 39.2. The van der Waals surface area contributed by atoms with Crippen molar-refractivity contribution in [2.24, 2.45) is 0 Å². The van der Waals surface area contributed by atoms with Gasteiger partial charge in [-0.25, -0.2) is 8.78 Å². The Balaban J connectivity index is 2.15. The second kappa shape index (κ2) is 7.88. The van der Waals surface area contributed by atoms with Crippen LogP contribution < -0.4 is 4.74 Å². The van der Waals surface area contributed by atoms with Gasteiger partial charge in [-0.3, -0.25) is 9.48 Å². The maximum atomic E-state index is 14.2. The smallest absolute Gasteiger partial charge is 0.327 e. The summed E-state index contributed by atoms with van der Waals surface area (Å²) in [6.07, 6.45) is 1.55. The molecule has 8 heteroatoms. The monoisotopic (exact) mass is 383 g/mol. The van der Waals surface area contributed by atoms with E-state index in [-0.39, 0.29) is 17.9 Å². The minimum Gasteiger partial charge on any atom is -0.494 e. The summed E-state index contributed by atoms with van der Waals surface area (Å²) in [6, 6.07) is 10.2. The molecule has 3 aromatic rings. The van der Waals surface area contributed by atoms with Crippen molar-refractivity contribution in [2.75, 3.05) is 14.2 Å². The molecule has 0 amide bonds. The predicted molar refractivity (Wildman–Crippen MR) is 96.3 cm³/mol. The molecule has 6 nitrogen and oxygen atoms in total. The van der Waals surface area contributed by atoms with Crippen molar-refractivity contribution in [3.05, 3.63) is 59.8 Å². The van der Waals surface area contributed by atoms with Crippen molar-refractivity contribution in [2.45, 2.75) is 6.54 Å². The van der Waals surface area contributed by atoms with E-state index in [1.54, 1.807) is 18.3 Å². The quantitative estimate of drug-likeness (QED) is 0.630. The standard InChI is InChI=1S/C20H15F2N3O3/c1-27-18-6-5-12(7-17(18)22)15-10-25(11-19(26)28-2)24-20(15)13-3-4-14(9-23)16(21)8-13/h3-8,10H,11H2,1-2H3. The molecule has 0 bridgehead atoms. The molecule has 0 saturated carbocycles. The first-order valence-electron chi connectivity index (χ1n) is 8.15. The van der Waals surface area contributed by atoms with Gasteiger partial charge in [0.25, 0.3) is 0 Å². The molecule has 2 aromatic carbocycles. The third-order valence-electron chi connectivity index (χ3n) is 4.11. The van der Waals surface area contributed by atoms with Gasteiger partial charge in [-0.1, -0.05) is 12.1 Å². The predicted octanol–water partition coefficient (Wildman–Crippen LogP) is 3.55. The zero-order chi connectivity index (χ0) is 20.3. The lowest BCUT2D eigenvalue weighted by molar-refractivity contribution is -0.141. The molecular formula is C20H15F2N3O3. The van der Waals surface area contributed by atoms with E-state index < -0.39 is 17.6 Å². The van der Waals surface area contributed by atoms with Crippen LogP contribution in [-0.4, -0.2) is 30.0 Å². The summed E-state index contributed by atoms with van der Waals surface area (Å²) in [4.78, 5) is 11.6. The molecular weight excluding hydrogens is 368 g/mol. The Morgan fingerprint density at radius 3 is 2.46 bits per heavy atom. The van der Waals surface area contributed by atoms with Crippen molar-refractivity contribution >= 4 is 5.97 Å². The highest BCUT2D eigenvalue weighted by Gasteiger charge is 2.18. The van der Waals surface area contributed by atoms with Crippen LogP contribution in [0.4, 0.5) is 8.78 Å². The van der Waals surface area contributed by atoms with Gasteiger partial charge in [-0.05, 0) is 29.8 Å². The van der Waals surface area contributed by atoms with E-state index >= 15 is 0 Å². The topological polar surface area (TPSA) is 77.1 Å². The number of hydrogen-bond acceptors (Lipinski definition) is 5. The molecule has 1 heterocycles. The molecule has 0 radical (unpaired) electrons. The molecule has 3 rings (SSSR count). The molecule has 0 unspecified atom stereocenters. The number of esters is 1. The summed E-state index contributed by atoms with van der Waals surface area (Å²) in [5, 5.41) is 13.2. The van der Waals surface area contributed by atoms with Crippen LogP contribution in [0, 0.1) is 23.0 Å². The summed E-state index contributed by atoms with van der Waals surface area (Å²) in [6.45, 7) is -0.166. The van der Waals surface area contributed by atoms with Gasteiger partial charge in [0.1, 0.15) is 24.1 Å². The second-order valence-electron chi connectivity index (χ2n) is 5.82. The average molecular weight is 383 g/mol. The fourth-order valence-corrected chi connectivity index (χ4v) is 2.71. The molecule has 0 spiro atoms. The normalized spacial score (nSPS) is 10.4. The average Bonchev–Trinajstić information content (AvgIpc) is 3.11. The van der Waals surface area contributed by atoms with Crippen LogP contribution in [0.15, 0.2) is 42.6 Å². The zero-order valence-corrected chi connectivity index (χ0v) is 15.1. The number of hydrogen-bond donors (Lipinski definition) is 0. The molecule has 0 aliphatic rings. The van der Waals surface area contributed by atoms with Crippen LogP contribution in [0.2, 0.25) is 0 Å². The SMILES string of the molecule is COC(=O)Cn1cc(-c2ccc(OC)c(F)c2)c(-c2ccc(C#N)c(F)c2)n1. The first-order chi connectivity index (χ1) is 13.5. The van der Waals surface area contributed by atoms with Gasteiger partial charge in [0, 0.05) is 17.3 Å². The van der Waals surface area contributed by atoms with Gasteiger partial charge in [0.15, 0.2) is 11.6 Å². The lowest BCUT2D eigenvalue weighted by atomic mass is 10.0. The zero-order valence-electron chi connectivity index (χ0n) is 15.1. The molecule has 0 aliphatic carbocycles. The summed E-state index contributed by atoms with van der Waals surface area (Å²) in [5.74, 6) is -1.71. The largest absolute Gasteiger partial charge is 0.494 e. The van der Waals surface area contributed by atoms with Crippen LogP contribution in [0.3, 0.4) is 0 Å². The number of aromatic nitrogens is 2. The van der Waals surface area contributed by atoms with E-state index in [2.05, 4.69) is 9.84 Å². The third-order valence-corrected chi connectivity index (χ3v) is 4.11. The Hall–Kier alpha value is -3.73. The number of halogens is 2.